The minimum atomic E-state index is -4.12. The number of nitrogens with zero attached hydrogens (tertiary/aromatic N) is 2. The summed E-state index contributed by atoms with van der Waals surface area (Å²) in [5.74, 6) is -0.0465. The Morgan fingerprint density at radius 3 is 2.23 bits per heavy atom. The maximum atomic E-state index is 13.9. The van der Waals surface area contributed by atoms with Crippen molar-refractivity contribution in [1.29, 1.82) is 0 Å². The number of benzene rings is 3. The highest BCUT2D eigenvalue weighted by Crippen LogP contribution is 2.26. The molecule has 1 atom stereocenters. The topological polar surface area (TPSA) is 96.0 Å². The van der Waals surface area contributed by atoms with Gasteiger partial charge in [0.2, 0.25) is 11.8 Å². The van der Waals surface area contributed by atoms with Crippen molar-refractivity contribution in [1.82, 2.24) is 10.2 Å². The van der Waals surface area contributed by atoms with Crippen LogP contribution in [0.4, 0.5) is 5.69 Å². The summed E-state index contributed by atoms with van der Waals surface area (Å²) < 4.78 is 33.8. The first-order valence-corrected chi connectivity index (χ1v) is 14.4. The summed E-state index contributed by atoms with van der Waals surface area (Å²) in [7, 11) is -2.58. The van der Waals surface area contributed by atoms with Crippen molar-refractivity contribution < 1.29 is 22.7 Å². The van der Waals surface area contributed by atoms with Crippen LogP contribution in [0.5, 0.6) is 5.75 Å². The van der Waals surface area contributed by atoms with Gasteiger partial charge in [-0.1, -0.05) is 55.8 Å². The van der Waals surface area contributed by atoms with Crippen LogP contribution in [0.2, 0.25) is 5.02 Å². The molecule has 8 nitrogen and oxygen atoms in total. The number of halogens is 1. The molecule has 3 aromatic rings. The van der Waals surface area contributed by atoms with Crippen LogP contribution in [0.15, 0.2) is 83.8 Å². The number of nitrogens with one attached hydrogen (secondary N) is 1. The number of anilines is 1. The van der Waals surface area contributed by atoms with Gasteiger partial charge >= 0.3 is 0 Å². The second-order valence-corrected chi connectivity index (χ2v) is 11.8. The number of rotatable bonds is 12. The molecule has 1 unspecified atom stereocenters. The van der Waals surface area contributed by atoms with Gasteiger partial charge in [-0.2, -0.15) is 0 Å². The molecule has 1 N–H and O–H groups in total. The van der Waals surface area contributed by atoms with Crippen molar-refractivity contribution in [2.75, 3.05) is 24.5 Å². The standard InChI is InChI=1S/C29H34ClN3O5S/c1-21(2)18-31-29(35)22(3)32(19-23-9-8-10-26(17-23)38-4)28(34)20-33(25-15-13-24(30)14-16-25)39(36,37)27-11-6-5-7-12-27/h5-17,21-22H,18-20H2,1-4H3,(H,31,35). The molecular weight excluding hydrogens is 538 g/mol. The van der Waals surface area contributed by atoms with E-state index >= 15 is 0 Å². The third-order valence-corrected chi connectivity index (χ3v) is 8.10. The molecule has 0 saturated heterocycles. The number of hydrogen-bond acceptors (Lipinski definition) is 5. The molecule has 0 aromatic heterocycles. The molecule has 10 heteroatoms. The van der Waals surface area contributed by atoms with Gasteiger partial charge in [-0.05, 0) is 66.9 Å². The largest absolute Gasteiger partial charge is 0.497 e. The Bertz CT molecular complexity index is 1370. The van der Waals surface area contributed by atoms with Gasteiger partial charge < -0.3 is 15.0 Å². The zero-order valence-corrected chi connectivity index (χ0v) is 24.1. The quantitative estimate of drug-likeness (QED) is 0.339. The Hall–Kier alpha value is -3.56. The van der Waals surface area contributed by atoms with E-state index in [9.17, 15) is 18.0 Å². The maximum absolute atomic E-state index is 13.9. The monoisotopic (exact) mass is 571 g/mol. The van der Waals surface area contributed by atoms with Crippen LogP contribution in [-0.4, -0.2) is 51.4 Å². The summed E-state index contributed by atoms with van der Waals surface area (Å²) in [6, 6.07) is 20.4. The lowest BCUT2D eigenvalue weighted by Crippen LogP contribution is -2.51. The Kier molecular flexibility index (Phi) is 10.4. The van der Waals surface area contributed by atoms with Crippen molar-refractivity contribution in [2.45, 2.75) is 38.3 Å². The number of ether oxygens (including phenoxy) is 1. The van der Waals surface area contributed by atoms with Gasteiger partial charge in [0.05, 0.1) is 17.7 Å². The van der Waals surface area contributed by atoms with E-state index in [1.807, 2.05) is 19.9 Å². The molecule has 0 aliphatic carbocycles. The van der Waals surface area contributed by atoms with Crippen LogP contribution in [0.1, 0.15) is 26.3 Å². The SMILES string of the molecule is COc1cccc(CN(C(=O)CN(c2ccc(Cl)cc2)S(=O)(=O)c2ccccc2)C(C)C(=O)NCC(C)C)c1. The summed E-state index contributed by atoms with van der Waals surface area (Å²) in [5.41, 5.74) is 1.00. The first-order valence-electron chi connectivity index (χ1n) is 12.6. The van der Waals surface area contributed by atoms with E-state index in [1.54, 1.807) is 74.7 Å². The highest BCUT2D eigenvalue weighted by atomic mass is 35.5. The summed E-state index contributed by atoms with van der Waals surface area (Å²) in [5, 5.41) is 3.30. The number of carbonyl (C=O) groups excluding carboxylic acids is 2. The summed E-state index contributed by atoms with van der Waals surface area (Å²) in [6.07, 6.45) is 0. The van der Waals surface area contributed by atoms with E-state index in [2.05, 4.69) is 5.32 Å². The molecule has 208 valence electrons. The van der Waals surface area contributed by atoms with Crippen molar-refractivity contribution >= 4 is 39.1 Å². The second kappa shape index (κ2) is 13.5. The highest BCUT2D eigenvalue weighted by Gasteiger charge is 2.32. The number of hydrogen-bond donors (Lipinski definition) is 1. The molecule has 0 spiro atoms. The number of amides is 2. The number of carbonyl (C=O) groups is 2. The first kappa shape index (κ1) is 30.0. The first-order chi connectivity index (χ1) is 18.5. The van der Waals surface area contributed by atoms with E-state index in [4.69, 9.17) is 16.3 Å². The number of sulfonamides is 1. The lowest BCUT2D eigenvalue weighted by atomic mass is 10.1. The summed E-state index contributed by atoms with van der Waals surface area (Å²) >= 11 is 6.05. The normalized spacial score (nSPS) is 12.1. The second-order valence-electron chi connectivity index (χ2n) is 9.49. The molecule has 0 saturated carbocycles. The molecule has 2 amide bonds. The van der Waals surface area contributed by atoms with Crippen LogP contribution in [-0.2, 0) is 26.2 Å². The van der Waals surface area contributed by atoms with Crippen LogP contribution in [0.3, 0.4) is 0 Å². The molecular formula is C29H34ClN3O5S. The molecule has 39 heavy (non-hydrogen) atoms. The number of methoxy groups -OCH3 is 1. The minimum absolute atomic E-state index is 0.0369. The fourth-order valence-electron chi connectivity index (χ4n) is 3.86. The molecule has 3 aromatic carbocycles. The molecule has 0 heterocycles. The summed E-state index contributed by atoms with van der Waals surface area (Å²) in [6.45, 7) is 5.58. The van der Waals surface area contributed by atoms with E-state index < -0.39 is 28.5 Å². The molecule has 0 aliphatic heterocycles. The van der Waals surface area contributed by atoms with E-state index in [0.29, 0.717) is 17.3 Å². The van der Waals surface area contributed by atoms with Gasteiger partial charge in [0.1, 0.15) is 18.3 Å². The molecule has 0 aliphatic rings. The Morgan fingerprint density at radius 2 is 1.62 bits per heavy atom. The molecule has 0 fully saturated rings. The zero-order valence-electron chi connectivity index (χ0n) is 22.5. The Morgan fingerprint density at radius 1 is 0.949 bits per heavy atom. The van der Waals surface area contributed by atoms with Gasteiger partial charge in [-0.3, -0.25) is 13.9 Å². The predicted molar refractivity (Wildman–Crippen MR) is 153 cm³/mol. The van der Waals surface area contributed by atoms with E-state index in [0.717, 1.165) is 9.87 Å². The lowest BCUT2D eigenvalue weighted by molar-refractivity contribution is -0.139. The van der Waals surface area contributed by atoms with E-state index in [1.165, 1.54) is 17.0 Å². The zero-order chi connectivity index (χ0) is 28.6. The van der Waals surface area contributed by atoms with Crippen molar-refractivity contribution in [2.24, 2.45) is 5.92 Å². The Balaban J connectivity index is 2.00. The Labute approximate surface area is 235 Å². The third-order valence-electron chi connectivity index (χ3n) is 6.06. The van der Waals surface area contributed by atoms with Crippen molar-refractivity contribution in [3.63, 3.8) is 0 Å². The van der Waals surface area contributed by atoms with Crippen LogP contribution in [0.25, 0.3) is 0 Å². The maximum Gasteiger partial charge on any atom is 0.264 e. The predicted octanol–water partition coefficient (Wildman–Crippen LogP) is 4.73. The lowest BCUT2D eigenvalue weighted by Gasteiger charge is -2.32. The minimum Gasteiger partial charge on any atom is -0.497 e. The third kappa shape index (κ3) is 7.97. The average molecular weight is 572 g/mol. The van der Waals surface area contributed by atoms with Gasteiger partial charge in [0, 0.05) is 18.1 Å². The smallest absolute Gasteiger partial charge is 0.264 e. The fourth-order valence-corrected chi connectivity index (χ4v) is 5.42. The van der Waals surface area contributed by atoms with Crippen LogP contribution < -0.4 is 14.4 Å². The highest BCUT2D eigenvalue weighted by molar-refractivity contribution is 7.92. The van der Waals surface area contributed by atoms with Crippen molar-refractivity contribution in [3.8, 4) is 5.75 Å². The van der Waals surface area contributed by atoms with Gasteiger partial charge in [0.15, 0.2) is 0 Å². The van der Waals surface area contributed by atoms with Gasteiger partial charge in [-0.15, -0.1) is 0 Å². The molecule has 3 rings (SSSR count). The fraction of sp³-hybridized carbons (Fsp3) is 0.310. The molecule has 0 radical (unpaired) electrons. The summed E-state index contributed by atoms with van der Waals surface area (Å²) in [4.78, 5) is 28.4. The van der Waals surface area contributed by atoms with Crippen LogP contribution >= 0.6 is 11.6 Å². The van der Waals surface area contributed by atoms with Crippen LogP contribution in [0, 0.1) is 5.92 Å². The average Bonchev–Trinajstić information content (AvgIpc) is 2.93. The van der Waals surface area contributed by atoms with Crippen molar-refractivity contribution in [3.05, 3.63) is 89.4 Å². The van der Waals surface area contributed by atoms with E-state index in [-0.39, 0.29) is 29.0 Å². The van der Waals surface area contributed by atoms with Gasteiger partial charge in [0.25, 0.3) is 10.0 Å². The van der Waals surface area contributed by atoms with Gasteiger partial charge in [-0.25, -0.2) is 8.42 Å². The molecule has 0 bridgehead atoms.